The molecule has 2 aromatic rings. The van der Waals surface area contributed by atoms with Crippen molar-refractivity contribution in [3.63, 3.8) is 0 Å². The van der Waals surface area contributed by atoms with E-state index < -0.39 is 17.2 Å². The van der Waals surface area contributed by atoms with Crippen molar-refractivity contribution in [1.29, 1.82) is 0 Å². The van der Waals surface area contributed by atoms with E-state index in [9.17, 15) is 13.6 Å². The fourth-order valence-electron chi connectivity index (χ4n) is 2.36. The van der Waals surface area contributed by atoms with Gasteiger partial charge in [0.15, 0.2) is 11.6 Å². The van der Waals surface area contributed by atoms with Crippen molar-refractivity contribution >= 4 is 10.9 Å². The average Bonchev–Trinajstić information content (AvgIpc) is 2.43. The molecular formula is C14H17F2N3O. The van der Waals surface area contributed by atoms with Crippen molar-refractivity contribution in [3.8, 4) is 0 Å². The van der Waals surface area contributed by atoms with Crippen molar-refractivity contribution in [2.24, 2.45) is 0 Å². The Kier molecular flexibility index (Phi) is 4.01. The number of hydrogen-bond donors (Lipinski definition) is 1. The van der Waals surface area contributed by atoms with Gasteiger partial charge in [-0.1, -0.05) is 20.3 Å². The zero-order chi connectivity index (χ0) is 14.9. The molecule has 0 bridgehead atoms. The average molecular weight is 281 g/mol. The summed E-state index contributed by atoms with van der Waals surface area (Å²) in [6, 6.07) is 1.78. The number of halogens is 2. The highest BCUT2D eigenvalue weighted by Crippen LogP contribution is 2.23. The Morgan fingerprint density at radius 2 is 1.95 bits per heavy atom. The zero-order valence-corrected chi connectivity index (χ0v) is 11.5. The minimum Gasteiger partial charge on any atom is -0.335 e. The normalized spacial score (nSPS) is 12.8. The highest BCUT2D eigenvalue weighted by Gasteiger charge is 2.18. The number of nitrogen functional groups attached to an aromatic ring is 1. The standard InChI is InChI=1S/C14H17F2N3O/c1-3-5-8(4-2)13-18-12-7-11(16)10(15)6-9(12)14(20)19(13)17/h6-8H,3-5,17H2,1-2H3. The summed E-state index contributed by atoms with van der Waals surface area (Å²) in [5.74, 6) is 4.11. The summed E-state index contributed by atoms with van der Waals surface area (Å²) in [6.07, 6.45) is 2.52. The molecule has 0 aliphatic carbocycles. The third-order valence-electron chi connectivity index (χ3n) is 3.46. The predicted octanol–water partition coefficient (Wildman–Crippen LogP) is 2.68. The molecule has 2 N–H and O–H groups in total. The van der Waals surface area contributed by atoms with Gasteiger partial charge in [-0.15, -0.1) is 0 Å². The van der Waals surface area contributed by atoms with Crippen molar-refractivity contribution < 1.29 is 8.78 Å². The third kappa shape index (κ3) is 2.37. The van der Waals surface area contributed by atoms with E-state index in [2.05, 4.69) is 4.98 Å². The summed E-state index contributed by atoms with van der Waals surface area (Å²) < 4.78 is 27.5. The van der Waals surface area contributed by atoms with Gasteiger partial charge in [-0.05, 0) is 18.9 Å². The van der Waals surface area contributed by atoms with Crippen LogP contribution in [-0.4, -0.2) is 9.66 Å². The van der Waals surface area contributed by atoms with Crippen molar-refractivity contribution in [2.75, 3.05) is 5.84 Å². The molecule has 0 saturated heterocycles. The fourth-order valence-corrected chi connectivity index (χ4v) is 2.36. The number of fused-ring (bicyclic) bond motifs is 1. The van der Waals surface area contributed by atoms with Crippen molar-refractivity contribution in [2.45, 2.75) is 39.0 Å². The number of rotatable bonds is 4. The van der Waals surface area contributed by atoms with Crippen LogP contribution in [0.5, 0.6) is 0 Å². The molecular weight excluding hydrogens is 264 g/mol. The molecule has 0 saturated carbocycles. The van der Waals surface area contributed by atoms with Gasteiger partial charge in [-0.2, -0.15) is 0 Å². The van der Waals surface area contributed by atoms with Gasteiger partial charge in [-0.3, -0.25) is 4.79 Å². The molecule has 0 amide bonds. The largest absolute Gasteiger partial charge is 0.335 e. The highest BCUT2D eigenvalue weighted by molar-refractivity contribution is 5.77. The van der Waals surface area contributed by atoms with Crippen LogP contribution in [0.15, 0.2) is 16.9 Å². The van der Waals surface area contributed by atoms with E-state index >= 15 is 0 Å². The maximum absolute atomic E-state index is 13.3. The van der Waals surface area contributed by atoms with Crippen LogP contribution in [0, 0.1) is 11.6 Å². The van der Waals surface area contributed by atoms with Crippen LogP contribution < -0.4 is 11.4 Å². The second-order valence-electron chi connectivity index (χ2n) is 4.82. The molecule has 6 heteroatoms. The summed E-state index contributed by atoms with van der Waals surface area (Å²) in [5.41, 5.74) is -0.418. The zero-order valence-electron chi connectivity index (χ0n) is 11.5. The number of aromatic nitrogens is 2. The van der Waals surface area contributed by atoms with E-state index in [1.807, 2.05) is 13.8 Å². The number of benzene rings is 1. The summed E-state index contributed by atoms with van der Waals surface area (Å²) in [6.45, 7) is 4.00. The number of hydrogen-bond acceptors (Lipinski definition) is 3. The molecule has 1 aromatic carbocycles. The maximum atomic E-state index is 13.3. The molecule has 108 valence electrons. The Bertz CT molecular complexity index is 697. The molecule has 1 heterocycles. The molecule has 0 spiro atoms. The first-order valence-electron chi connectivity index (χ1n) is 6.66. The van der Waals surface area contributed by atoms with Crippen LogP contribution in [0.1, 0.15) is 44.9 Å². The SMILES string of the molecule is CCCC(CC)c1nc2cc(F)c(F)cc2c(=O)n1N. The minimum absolute atomic E-state index is 0.0125. The topological polar surface area (TPSA) is 60.9 Å². The summed E-state index contributed by atoms with van der Waals surface area (Å²) >= 11 is 0. The van der Waals surface area contributed by atoms with Crippen molar-refractivity contribution in [1.82, 2.24) is 9.66 Å². The smallest absolute Gasteiger partial charge is 0.279 e. The van der Waals surface area contributed by atoms with Gasteiger partial charge in [0.25, 0.3) is 5.56 Å². The van der Waals surface area contributed by atoms with Gasteiger partial charge in [-0.25, -0.2) is 18.4 Å². The van der Waals surface area contributed by atoms with E-state index in [0.717, 1.165) is 36.1 Å². The van der Waals surface area contributed by atoms with Crippen LogP contribution in [0.25, 0.3) is 10.9 Å². The summed E-state index contributed by atoms with van der Waals surface area (Å²) in [7, 11) is 0. The van der Waals surface area contributed by atoms with Gasteiger partial charge in [0.1, 0.15) is 5.82 Å². The molecule has 20 heavy (non-hydrogen) atoms. The Morgan fingerprint density at radius 3 is 2.55 bits per heavy atom. The first-order valence-corrected chi connectivity index (χ1v) is 6.66. The van der Waals surface area contributed by atoms with E-state index in [1.54, 1.807) is 0 Å². The molecule has 2 rings (SSSR count). The van der Waals surface area contributed by atoms with Crippen molar-refractivity contribution in [3.05, 3.63) is 39.9 Å². The van der Waals surface area contributed by atoms with E-state index in [1.165, 1.54) is 0 Å². The number of nitrogens with zero attached hydrogens (tertiary/aromatic N) is 2. The molecule has 0 radical (unpaired) electrons. The summed E-state index contributed by atoms with van der Waals surface area (Å²) in [4.78, 5) is 16.4. The lowest BCUT2D eigenvalue weighted by Crippen LogP contribution is -2.33. The van der Waals surface area contributed by atoms with Crippen LogP contribution in [0.4, 0.5) is 8.78 Å². The van der Waals surface area contributed by atoms with E-state index in [4.69, 9.17) is 5.84 Å². The highest BCUT2D eigenvalue weighted by atomic mass is 19.2. The van der Waals surface area contributed by atoms with E-state index in [-0.39, 0.29) is 16.8 Å². The molecule has 0 aliphatic rings. The first kappa shape index (κ1) is 14.4. The van der Waals surface area contributed by atoms with Crippen LogP contribution in [0.2, 0.25) is 0 Å². The van der Waals surface area contributed by atoms with Crippen LogP contribution >= 0.6 is 0 Å². The molecule has 1 unspecified atom stereocenters. The molecule has 1 aromatic heterocycles. The van der Waals surface area contributed by atoms with Gasteiger partial charge in [0.05, 0.1) is 10.9 Å². The lowest BCUT2D eigenvalue weighted by Gasteiger charge is -2.17. The van der Waals surface area contributed by atoms with Crippen LogP contribution in [-0.2, 0) is 0 Å². The number of nitrogens with two attached hydrogens (primary N) is 1. The van der Waals surface area contributed by atoms with Gasteiger partial charge in [0, 0.05) is 12.0 Å². The second-order valence-corrected chi connectivity index (χ2v) is 4.82. The Morgan fingerprint density at radius 1 is 1.30 bits per heavy atom. The Balaban J connectivity index is 2.72. The Labute approximate surface area is 115 Å². The summed E-state index contributed by atoms with van der Waals surface area (Å²) in [5, 5.41) is -0.0125. The molecule has 0 aliphatic heterocycles. The molecule has 1 atom stereocenters. The lowest BCUT2D eigenvalue weighted by atomic mass is 9.99. The van der Waals surface area contributed by atoms with Gasteiger partial charge >= 0.3 is 0 Å². The Hall–Kier alpha value is -1.98. The minimum atomic E-state index is -1.08. The van der Waals surface area contributed by atoms with E-state index in [0.29, 0.717) is 5.82 Å². The fraction of sp³-hybridized carbons (Fsp3) is 0.429. The first-order chi connectivity index (χ1) is 9.49. The third-order valence-corrected chi connectivity index (χ3v) is 3.46. The van der Waals surface area contributed by atoms with Gasteiger partial charge < -0.3 is 5.84 Å². The second kappa shape index (κ2) is 5.56. The lowest BCUT2D eigenvalue weighted by molar-refractivity contribution is 0.509. The molecule has 0 fully saturated rings. The quantitative estimate of drug-likeness (QED) is 0.876. The monoisotopic (exact) mass is 281 g/mol. The van der Waals surface area contributed by atoms with Crippen LogP contribution in [0.3, 0.4) is 0 Å². The van der Waals surface area contributed by atoms with Gasteiger partial charge in [0.2, 0.25) is 0 Å². The molecule has 4 nitrogen and oxygen atoms in total. The predicted molar refractivity (Wildman–Crippen MR) is 74.0 cm³/mol. The maximum Gasteiger partial charge on any atom is 0.279 e.